The van der Waals surface area contributed by atoms with Crippen molar-refractivity contribution in [2.75, 3.05) is 13.2 Å². The summed E-state index contributed by atoms with van der Waals surface area (Å²) < 4.78 is 5.48. The zero-order valence-electron chi connectivity index (χ0n) is 48.7. The predicted octanol–water partition coefficient (Wildman–Crippen LogP) is 20.6. The summed E-state index contributed by atoms with van der Waals surface area (Å²) in [6.07, 6.45) is 76.7. The Kier molecular flexibility index (Phi) is 60.5. The minimum atomic E-state index is -0.842. The molecule has 3 N–H and O–H groups in total. The van der Waals surface area contributed by atoms with Gasteiger partial charge in [-0.2, -0.15) is 0 Å². The third-order valence-corrected chi connectivity index (χ3v) is 15.2. The molecular formula is C66H127NO5. The van der Waals surface area contributed by atoms with Crippen LogP contribution in [0, 0.1) is 0 Å². The lowest BCUT2D eigenvalue weighted by Gasteiger charge is -2.20. The number of rotatable bonds is 61. The number of esters is 1. The molecule has 0 spiro atoms. The molecule has 0 bridgehead atoms. The van der Waals surface area contributed by atoms with E-state index in [1.807, 2.05) is 6.08 Å². The number of allylic oxidation sites excluding steroid dienone is 3. The van der Waals surface area contributed by atoms with Crippen LogP contribution in [-0.4, -0.2) is 47.4 Å². The largest absolute Gasteiger partial charge is 0.466 e. The van der Waals surface area contributed by atoms with Gasteiger partial charge in [-0.15, -0.1) is 0 Å². The fourth-order valence-electron chi connectivity index (χ4n) is 10.2. The molecule has 2 unspecified atom stereocenters. The lowest BCUT2D eigenvalue weighted by molar-refractivity contribution is -0.143. The molecule has 0 aromatic heterocycles. The van der Waals surface area contributed by atoms with Crippen molar-refractivity contribution < 1.29 is 24.5 Å². The molecule has 0 heterocycles. The normalized spacial score (nSPS) is 12.7. The first-order valence-corrected chi connectivity index (χ1v) is 32.6. The van der Waals surface area contributed by atoms with Gasteiger partial charge in [-0.3, -0.25) is 9.59 Å². The molecule has 0 aromatic carbocycles. The van der Waals surface area contributed by atoms with E-state index < -0.39 is 12.1 Å². The van der Waals surface area contributed by atoms with Gasteiger partial charge in [0.05, 0.1) is 25.4 Å². The highest BCUT2D eigenvalue weighted by molar-refractivity contribution is 5.76. The quantitative estimate of drug-likeness (QED) is 0.0320. The SMILES string of the molecule is CCCCCCCCCCCC/C=C/C(O)C(CO)NC(=O)CCCCCCCCCCCCCCCC/C=C\CCCCCCCCCCCCCCOC(=O)CCCCCCCCCCCCCCC. The number of unbranched alkanes of at least 4 members (excludes halogenated alkanes) is 48. The summed E-state index contributed by atoms with van der Waals surface area (Å²) in [5, 5.41) is 23.1. The van der Waals surface area contributed by atoms with Crippen LogP contribution in [0.3, 0.4) is 0 Å². The molecule has 0 aliphatic rings. The van der Waals surface area contributed by atoms with Gasteiger partial charge in [-0.1, -0.05) is 314 Å². The van der Waals surface area contributed by atoms with E-state index in [0.29, 0.717) is 19.4 Å². The van der Waals surface area contributed by atoms with E-state index in [9.17, 15) is 19.8 Å². The number of hydrogen-bond donors (Lipinski definition) is 3. The Morgan fingerprint density at radius 3 is 0.986 bits per heavy atom. The zero-order valence-corrected chi connectivity index (χ0v) is 48.7. The fourth-order valence-corrected chi connectivity index (χ4v) is 10.2. The van der Waals surface area contributed by atoms with Gasteiger partial charge in [-0.25, -0.2) is 0 Å². The maximum atomic E-state index is 12.4. The molecule has 0 aliphatic heterocycles. The van der Waals surface area contributed by atoms with Crippen LogP contribution in [0.2, 0.25) is 0 Å². The summed E-state index contributed by atoms with van der Waals surface area (Å²) in [5.41, 5.74) is 0. The van der Waals surface area contributed by atoms with Gasteiger partial charge in [0.1, 0.15) is 0 Å². The van der Waals surface area contributed by atoms with Gasteiger partial charge in [0.2, 0.25) is 5.91 Å². The van der Waals surface area contributed by atoms with Gasteiger partial charge in [-0.05, 0) is 57.8 Å². The number of carbonyl (C=O) groups is 2. The van der Waals surface area contributed by atoms with E-state index in [1.165, 1.54) is 295 Å². The van der Waals surface area contributed by atoms with Gasteiger partial charge < -0.3 is 20.3 Å². The van der Waals surface area contributed by atoms with Crippen LogP contribution in [0.25, 0.3) is 0 Å². The number of ether oxygens (including phenoxy) is 1. The highest BCUT2D eigenvalue weighted by Gasteiger charge is 2.18. The van der Waals surface area contributed by atoms with Gasteiger partial charge in [0.15, 0.2) is 0 Å². The van der Waals surface area contributed by atoms with Crippen molar-refractivity contribution in [3.05, 3.63) is 24.3 Å². The van der Waals surface area contributed by atoms with E-state index >= 15 is 0 Å². The lowest BCUT2D eigenvalue weighted by Crippen LogP contribution is -2.45. The number of aliphatic hydroxyl groups excluding tert-OH is 2. The topological polar surface area (TPSA) is 95.9 Å². The lowest BCUT2D eigenvalue weighted by atomic mass is 10.0. The maximum Gasteiger partial charge on any atom is 0.305 e. The van der Waals surface area contributed by atoms with Gasteiger partial charge in [0.25, 0.3) is 0 Å². The van der Waals surface area contributed by atoms with E-state index in [2.05, 4.69) is 31.3 Å². The summed E-state index contributed by atoms with van der Waals surface area (Å²) in [7, 11) is 0. The van der Waals surface area contributed by atoms with Crippen LogP contribution in [0.4, 0.5) is 0 Å². The average molecular weight is 1010 g/mol. The fraction of sp³-hybridized carbons (Fsp3) is 0.909. The number of nitrogens with one attached hydrogen (secondary N) is 1. The van der Waals surface area contributed by atoms with Crippen LogP contribution >= 0.6 is 0 Å². The smallest absolute Gasteiger partial charge is 0.305 e. The zero-order chi connectivity index (χ0) is 52.2. The Morgan fingerprint density at radius 2 is 0.653 bits per heavy atom. The summed E-state index contributed by atoms with van der Waals surface area (Å²) >= 11 is 0. The molecule has 2 atom stereocenters. The Hall–Kier alpha value is -1.66. The third kappa shape index (κ3) is 57.6. The predicted molar refractivity (Wildman–Crippen MR) is 315 cm³/mol. The molecule has 0 aromatic rings. The molecule has 6 heteroatoms. The minimum Gasteiger partial charge on any atom is -0.466 e. The Labute approximate surface area is 450 Å². The molecule has 0 radical (unpaired) electrons. The molecule has 0 saturated carbocycles. The van der Waals surface area contributed by atoms with Crippen LogP contribution in [0.15, 0.2) is 24.3 Å². The number of aliphatic hydroxyl groups is 2. The monoisotopic (exact) mass is 1010 g/mol. The summed E-state index contributed by atoms with van der Waals surface area (Å²) in [5.74, 6) is -0.0472. The second kappa shape index (κ2) is 61.9. The standard InChI is InChI=1S/C66H127NO5/c1-3-5-7-9-11-13-15-35-40-44-48-52-56-60-66(71)72-61-57-53-49-45-41-37-34-32-30-28-26-24-22-20-18-17-19-21-23-25-27-29-31-33-36-39-43-47-51-55-59-65(70)67-63(62-68)64(69)58-54-50-46-42-38-16-14-12-10-8-6-4-2/h18,20,54,58,63-64,68-69H,3-17,19,21-53,55-57,59-62H2,1-2H3,(H,67,70)/b20-18-,58-54+. The van der Waals surface area contributed by atoms with Crippen LogP contribution in [0.5, 0.6) is 0 Å². The first-order valence-electron chi connectivity index (χ1n) is 32.6. The van der Waals surface area contributed by atoms with Crippen molar-refractivity contribution in [2.24, 2.45) is 0 Å². The van der Waals surface area contributed by atoms with Crippen molar-refractivity contribution in [3.63, 3.8) is 0 Å². The maximum absolute atomic E-state index is 12.4. The first kappa shape index (κ1) is 70.3. The highest BCUT2D eigenvalue weighted by Crippen LogP contribution is 2.18. The van der Waals surface area contributed by atoms with E-state index in [-0.39, 0.29) is 18.5 Å². The van der Waals surface area contributed by atoms with Crippen molar-refractivity contribution in [3.8, 4) is 0 Å². The van der Waals surface area contributed by atoms with E-state index in [4.69, 9.17) is 4.74 Å². The summed E-state index contributed by atoms with van der Waals surface area (Å²) in [6, 6.07) is -0.625. The van der Waals surface area contributed by atoms with Crippen LogP contribution in [-0.2, 0) is 14.3 Å². The molecule has 0 saturated heterocycles. The van der Waals surface area contributed by atoms with Gasteiger partial charge >= 0.3 is 5.97 Å². The van der Waals surface area contributed by atoms with Crippen molar-refractivity contribution >= 4 is 11.9 Å². The molecule has 0 fully saturated rings. The van der Waals surface area contributed by atoms with Crippen molar-refractivity contribution in [1.82, 2.24) is 5.32 Å². The van der Waals surface area contributed by atoms with Gasteiger partial charge in [0, 0.05) is 12.8 Å². The number of hydrogen-bond acceptors (Lipinski definition) is 5. The molecule has 426 valence electrons. The third-order valence-electron chi connectivity index (χ3n) is 15.2. The second-order valence-corrected chi connectivity index (χ2v) is 22.5. The van der Waals surface area contributed by atoms with E-state index in [1.54, 1.807) is 6.08 Å². The Balaban J connectivity index is 3.36. The van der Waals surface area contributed by atoms with Crippen LogP contribution < -0.4 is 5.32 Å². The number of amides is 1. The Bertz CT molecular complexity index is 1120. The molecule has 0 aliphatic carbocycles. The molecule has 6 nitrogen and oxygen atoms in total. The molecular weight excluding hydrogens is 887 g/mol. The van der Waals surface area contributed by atoms with Crippen LogP contribution in [0.1, 0.15) is 361 Å². The highest BCUT2D eigenvalue weighted by atomic mass is 16.5. The molecule has 72 heavy (non-hydrogen) atoms. The molecule has 0 rings (SSSR count). The average Bonchev–Trinajstić information content (AvgIpc) is 3.38. The van der Waals surface area contributed by atoms with E-state index in [0.717, 1.165) is 38.5 Å². The molecule has 1 amide bonds. The summed E-state index contributed by atoms with van der Waals surface area (Å²) in [4.78, 5) is 24.5. The Morgan fingerprint density at radius 1 is 0.375 bits per heavy atom. The van der Waals surface area contributed by atoms with Crippen molar-refractivity contribution in [2.45, 2.75) is 373 Å². The second-order valence-electron chi connectivity index (χ2n) is 22.5. The van der Waals surface area contributed by atoms with Crippen molar-refractivity contribution in [1.29, 1.82) is 0 Å². The first-order chi connectivity index (χ1) is 35.5. The minimum absolute atomic E-state index is 0.0186. The number of carbonyl (C=O) groups excluding carboxylic acids is 2. The summed E-state index contributed by atoms with van der Waals surface area (Å²) in [6.45, 7) is 4.92.